The lowest BCUT2D eigenvalue weighted by Gasteiger charge is -2.19. The third kappa shape index (κ3) is 3.60. The van der Waals surface area contributed by atoms with Crippen LogP contribution in [0.2, 0.25) is 0 Å². The van der Waals surface area contributed by atoms with E-state index in [0.29, 0.717) is 6.54 Å². The molecular formula is C13H18N4S. The Morgan fingerprint density at radius 2 is 2.06 bits per heavy atom. The van der Waals surface area contributed by atoms with Crippen molar-refractivity contribution in [3.63, 3.8) is 0 Å². The Labute approximate surface area is 111 Å². The van der Waals surface area contributed by atoms with Crippen LogP contribution >= 0.6 is 11.3 Å². The normalized spacial score (nSPS) is 11.1. The molecule has 96 valence electrons. The van der Waals surface area contributed by atoms with Crippen molar-refractivity contribution in [1.82, 2.24) is 14.9 Å². The van der Waals surface area contributed by atoms with E-state index in [1.807, 2.05) is 12.4 Å². The van der Waals surface area contributed by atoms with E-state index in [9.17, 15) is 0 Å². The molecule has 0 fully saturated rings. The maximum atomic E-state index is 5.58. The molecule has 2 heterocycles. The van der Waals surface area contributed by atoms with Gasteiger partial charge in [-0.05, 0) is 24.2 Å². The molecule has 4 nitrogen and oxygen atoms in total. The second-order valence-electron chi connectivity index (χ2n) is 4.10. The first-order valence-corrected chi connectivity index (χ1v) is 6.94. The topological polar surface area (TPSA) is 55.0 Å². The van der Waals surface area contributed by atoms with E-state index < -0.39 is 0 Å². The van der Waals surface area contributed by atoms with E-state index >= 15 is 0 Å². The summed E-state index contributed by atoms with van der Waals surface area (Å²) in [7, 11) is 0. The van der Waals surface area contributed by atoms with Crippen molar-refractivity contribution in [3.05, 3.63) is 46.2 Å². The highest BCUT2D eigenvalue weighted by atomic mass is 32.1. The monoisotopic (exact) mass is 262 g/mol. The molecule has 0 aliphatic carbocycles. The molecule has 0 aliphatic heterocycles. The molecule has 0 bridgehead atoms. The minimum atomic E-state index is 0.529. The summed E-state index contributed by atoms with van der Waals surface area (Å²) in [5.41, 5.74) is 7.96. The first-order chi connectivity index (χ1) is 8.81. The predicted octanol–water partition coefficient (Wildman–Crippen LogP) is 2.02. The Morgan fingerprint density at radius 3 is 2.67 bits per heavy atom. The lowest BCUT2D eigenvalue weighted by Crippen LogP contribution is -2.22. The largest absolute Gasteiger partial charge is 0.325 e. The number of hydrogen-bond donors (Lipinski definition) is 1. The number of nitrogens with two attached hydrogens (primary N) is 1. The molecule has 0 aromatic carbocycles. The fourth-order valence-electron chi connectivity index (χ4n) is 1.77. The third-order valence-corrected chi connectivity index (χ3v) is 3.68. The number of nitrogens with zero attached hydrogens (tertiary/aromatic N) is 3. The average Bonchev–Trinajstić information content (AvgIpc) is 2.87. The van der Waals surface area contributed by atoms with Crippen molar-refractivity contribution in [3.8, 4) is 0 Å². The van der Waals surface area contributed by atoms with Crippen LogP contribution in [0.4, 0.5) is 0 Å². The second kappa shape index (κ2) is 6.58. The van der Waals surface area contributed by atoms with E-state index in [1.165, 1.54) is 5.56 Å². The fraction of sp³-hybridized carbons (Fsp3) is 0.385. The zero-order valence-electron chi connectivity index (χ0n) is 10.5. The van der Waals surface area contributed by atoms with Crippen LogP contribution in [-0.4, -0.2) is 21.4 Å². The molecule has 2 aromatic heterocycles. The van der Waals surface area contributed by atoms with Crippen molar-refractivity contribution in [1.29, 1.82) is 0 Å². The Balaban J connectivity index is 1.97. The molecule has 0 atom stereocenters. The van der Waals surface area contributed by atoms with Crippen LogP contribution in [0.15, 0.2) is 29.9 Å². The van der Waals surface area contributed by atoms with E-state index in [0.717, 1.165) is 30.3 Å². The quantitative estimate of drug-likeness (QED) is 0.865. The van der Waals surface area contributed by atoms with Crippen LogP contribution in [0, 0.1) is 0 Å². The van der Waals surface area contributed by atoms with Crippen molar-refractivity contribution >= 4 is 11.3 Å². The summed E-state index contributed by atoms with van der Waals surface area (Å²) in [6.07, 6.45) is 3.66. The Morgan fingerprint density at radius 1 is 1.28 bits per heavy atom. The summed E-state index contributed by atoms with van der Waals surface area (Å²) >= 11 is 1.64. The Hall–Kier alpha value is -1.30. The predicted molar refractivity (Wildman–Crippen MR) is 74.0 cm³/mol. The average molecular weight is 262 g/mol. The van der Waals surface area contributed by atoms with Crippen molar-refractivity contribution in [2.75, 3.05) is 6.54 Å². The van der Waals surface area contributed by atoms with E-state index in [-0.39, 0.29) is 0 Å². The summed E-state index contributed by atoms with van der Waals surface area (Å²) < 4.78 is 0. The van der Waals surface area contributed by atoms with Gasteiger partial charge >= 0.3 is 0 Å². The van der Waals surface area contributed by atoms with Gasteiger partial charge in [0.05, 0.1) is 5.69 Å². The van der Waals surface area contributed by atoms with Gasteiger partial charge in [-0.15, -0.1) is 11.3 Å². The fourth-order valence-corrected chi connectivity index (χ4v) is 2.44. The van der Waals surface area contributed by atoms with Crippen LogP contribution in [0.5, 0.6) is 0 Å². The van der Waals surface area contributed by atoms with E-state index in [4.69, 9.17) is 5.73 Å². The summed E-state index contributed by atoms with van der Waals surface area (Å²) in [5.74, 6) is 0. The van der Waals surface area contributed by atoms with Crippen molar-refractivity contribution in [2.45, 2.75) is 26.6 Å². The molecule has 2 aromatic rings. The molecule has 0 saturated carbocycles. The highest BCUT2D eigenvalue weighted by Crippen LogP contribution is 2.13. The van der Waals surface area contributed by atoms with Crippen LogP contribution in [-0.2, 0) is 19.6 Å². The first-order valence-electron chi connectivity index (χ1n) is 6.06. The lowest BCUT2D eigenvalue weighted by atomic mass is 10.2. The summed E-state index contributed by atoms with van der Waals surface area (Å²) in [5, 5.41) is 3.10. The Bertz CT molecular complexity index is 469. The lowest BCUT2D eigenvalue weighted by molar-refractivity contribution is 0.268. The minimum Gasteiger partial charge on any atom is -0.325 e. The van der Waals surface area contributed by atoms with Gasteiger partial charge in [-0.25, -0.2) is 4.98 Å². The Kier molecular flexibility index (Phi) is 4.81. The van der Waals surface area contributed by atoms with Crippen LogP contribution in [0.1, 0.15) is 23.2 Å². The van der Waals surface area contributed by atoms with Crippen molar-refractivity contribution in [2.24, 2.45) is 5.73 Å². The maximum Gasteiger partial charge on any atom is 0.106 e. The van der Waals surface area contributed by atoms with E-state index in [2.05, 4.69) is 39.3 Å². The summed E-state index contributed by atoms with van der Waals surface area (Å²) in [4.78, 5) is 10.9. The molecule has 0 aliphatic rings. The molecule has 5 heteroatoms. The van der Waals surface area contributed by atoms with Crippen molar-refractivity contribution < 1.29 is 0 Å². The van der Waals surface area contributed by atoms with Gasteiger partial charge in [-0.1, -0.05) is 6.92 Å². The number of hydrogen-bond acceptors (Lipinski definition) is 5. The molecular weight excluding hydrogens is 244 g/mol. The van der Waals surface area contributed by atoms with E-state index in [1.54, 1.807) is 11.3 Å². The molecule has 0 unspecified atom stereocenters. The van der Waals surface area contributed by atoms with Gasteiger partial charge < -0.3 is 5.73 Å². The SMILES string of the molecule is CCN(Cc1ccncc1)Cc1csc(CN)n1. The first kappa shape index (κ1) is 13.1. The van der Waals surface area contributed by atoms with Gasteiger partial charge in [0.25, 0.3) is 0 Å². The van der Waals surface area contributed by atoms with Gasteiger partial charge in [0, 0.05) is 37.4 Å². The minimum absolute atomic E-state index is 0.529. The highest BCUT2D eigenvalue weighted by Gasteiger charge is 2.07. The van der Waals surface area contributed by atoms with Crippen LogP contribution in [0.3, 0.4) is 0 Å². The standard InChI is InChI=1S/C13H18N4S/c1-2-17(8-11-3-5-15-6-4-11)9-12-10-18-13(7-14)16-12/h3-6,10H,2,7-9,14H2,1H3. The molecule has 18 heavy (non-hydrogen) atoms. The van der Waals surface area contributed by atoms with Crippen LogP contribution < -0.4 is 5.73 Å². The smallest absolute Gasteiger partial charge is 0.106 e. The van der Waals surface area contributed by atoms with Crippen LogP contribution in [0.25, 0.3) is 0 Å². The number of rotatable bonds is 6. The molecule has 2 rings (SSSR count). The molecule has 0 amide bonds. The van der Waals surface area contributed by atoms with Gasteiger partial charge in [-0.2, -0.15) is 0 Å². The molecule has 0 spiro atoms. The zero-order valence-corrected chi connectivity index (χ0v) is 11.4. The molecule has 2 N–H and O–H groups in total. The number of thiazole rings is 1. The van der Waals surface area contributed by atoms with Gasteiger partial charge in [0.15, 0.2) is 0 Å². The number of aromatic nitrogens is 2. The summed E-state index contributed by atoms with van der Waals surface area (Å²) in [6.45, 7) is 5.49. The third-order valence-electron chi connectivity index (χ3n) is 2.76. The second-order valence-corrected chi connectivity index (χ2v) is 5.04. The van der Waals surface area contributed by atoms with Gasteiger partial charge in [-0.3, -0.25) is 9.88 Å². The number of pyridine rings is 1. The zero-order chi connectivity index (χ0) is 12.8. The summed E-state index contributed by atoms with van der Waals surface area (Å²) in [6, 6.07) is 4.10. The van der Waals surface area contributed by atoms with Gasteiger partial charge in [0.1, 0.15) is 5.01 Å². The molecule has 0 radical (unpaired) electrons. The molecule has 0 saturated heterocycles. The van der Waals surface area contributed by atoms with Gasteiger partial charge in [0.2, 0.25) is 0 Å². The highest BCUT2D eigenvalue weighted by molar-refractivity contribution is 7.09. The maximum absolute atomic E-state index is 5.58.